The van der Waals surface area contributed by atoms with Gasteiger partial charge in [0, 0.05) is 13.1 Å². The van der Waals surface area contributed by atoms with Crippen LogP contribution in [0.25, 0.3) is 0 Å². The van der Waals surface area contributed by atoms with Crippen molar-refractivity contribution in [1.29, 1.82) is 0 Å². The number of unbranched alkanes of at least 4 members (excludes halogenated alkanes) is 1. The minimum Gasteiger partial charge on any atom is -0.295 e. The first-order valence-corrected chi connectivity index (χ1v) is 5.61. The van der Waals surface area contributed by atoms with Crippen LogP contribution in [0.2, 0.25) is 0 Å². The van der Waals surface area contributed by atoms with Crippen molar-refractivity contribution in [3.63, 3.8) is 0 Å². The van der Waals surface area contributed by atoms with Crippen LogP contribution in [0, 0.1) is 6.92 Å². The zero-order chi connectivity index (χ0) is 9.97. The van der Waals surface area contributed by atoms with Gasteiger partial charge in [0.15, 0.2) is 0 Å². The van der Waals surface area contributed by atoms with Crippen LogP contribution in [-0.4, -0.2) is 11.4 Å². The number of hydrogen-bond donors (Lipinski definition) is 0. The van der Waals surface area contributed by atoms with Crippen molar-refractivity contribution in [2.24, 2.45) is 0 Å². The van der Waals surface area contributed by atoms with Crippen LogP contribution in [0.15, 0.2) is 18.2 Å². The number of benzene rings is 1. The second-order valence-corrected chi connectivity index (χ2v) is 4.28. The first-order chi connectivity index (χ1) is 6.81. The Morgan fingerprint density at radius 2 is 2.14 bits per heavy atom. The lowest BCUT2D eigenvalue weighted by atomic mass is 10.1. The van der Waals surface area contributed by atoms with E-state index in [9.17, 15) is 0 Å². The predicted octanol–water partition coefficient (Wildman–Crippen LogP) is 3.11. The molecule has 14 heavy (non-hydrogen) atoms. The quantitative estimate of drug-likeness (QED) is 0.706. The van der Waals surface area contributed by atoms with Crippen molar-refractivity contribution in [3.8, 4) is 0 Å². The molecule has 0 fully saturated rings. The van der Waals surface area contributed by atoms with Gasteiger partial charge in [0.1, 0.15) is 0 Å². The molecule has 1 aromatic carbocycles. The first-order valence-electron chi connectivity index (χ1n) is 5.61. The highest BCUT2D eigenvalue weighted by Crippen LogP contribution is 2.25. The van der Waals surface area contributed by atoms with Crippen LogP contribution in [0.5, 0.6) is 0 Å². The second-order valence-electron chi connectivity index (χ2n) is 4.28. The molecule has 0 saturated heterocycles. The van der Waals surface area contributed by atoms with Gasteiger partial charge in [0.05, 0.1) is 0 Å². The average Bonchev–Trinajstić information content (AvgIpc) is 2.59. The van der Waals surface area contributed by atoms with Crippen molar-refractivity contribution >= 4 is 0 Å². The third kappa shape index (κ3) is 1.83. The topological polar surface area (TPSA) is 3.24 Å². The maximum atomic E-state index is 2.56. The molecule has 0 radical (unpaired) electrons. The standard InChI is InChI=1S/C13H19N/c1-3-4-8-14-9-12-7-5-6-11(2)13(12)10-14/h5-7H,3-4,8-10H2,1-2H3. The molecule has 0 spiro atoms. The molecule has 1 aliphatic rings. The summed E-state index contributed by atoms with van der Waals surface area (Å²) < 4.78 is 0. The number of aryl methyl sites for hydroxylation is 1. The maximum Gasteiger partial charge on any atom is 0.0243 e. The van der Waals surface area contributed by atoms with Crippen LogP contribution in [0.1, 0.15) is 36.5 Å². The molecular formula is C13H19N. The molecule has 0 saturated carbocycles. The van der Waals surface area contributed by atoms with Crippen molar-refractivity contribution in [3.05, 3.63) is 34.9 Å². The van der Waals surface area contributed by atoms with Gasteiger partial charge in [-0.1, -0.05) is 31.5 Å². The summed E-state index contributed by atoms with van der Waals surface area (Å²) in [6.07, 6.45) is 2.62. The van der Waals surface area contributed by atoms with E-state index in [1.165, 1.54) is 31.5 Å². The van der Waals surface area contributed by atoms with Gasteiger partial charge in [-0.15, -0.1) is 0 Å². The van der Waals surface area contributed by atoms with Gasteiger partial charge >= 0.3 is 0 Å². The summed E-state index contributed by atoms with van der Waals surface area (Å²) in [6, 6.07) is 6.67. The molecule has 0 aromatic heterocycles. The highest BCUT2D eigenvalue weighted by molar-refractivity contribution is 5.36. The molecule has 0 N–H and O–H groups in total. The van der Waals surface area contributed by atoms with E-state index < -0.39 is 0 Å². The third-order valence-corrected chi connectivity index (χ3v) is 3.11. The number of hydrogen-bond acceptors (Lipinski definition) is 1. The van der Waals surface area contributed by atoms with E-state index >= 15 is 0 Å². The molecule has 1 heteroatoms. The summed E-state index contributed by atoms with van der Waals surface area (Å²) in [5.74, 6) is 0. The number of fused-ring (bicyclic) bond motifs is 1. The normalized spacial score (nSPS) is 15.9. The number of rotatable bonds is 3. The van der Waals surface area contributed by atoms with Gasteiger partial charge in [-0.05, 0) is 36.6 Å². The van der Waals surface area contributed by atoms with Gasteiger partial charge < -0.3 is 0 Å². The molecule has 1 nitrogen and oxygen atoms in total. The second kappa shape index (κ2) is 4.14. The Morgan fingerprint density at radius 1 is 1.29 bits per heavy atom. The fraction of sp³-hybridized carbons (Fsp3) is 0.538. The number of nitrogens with zero attached hydrogens (tertiary/aromatic N) is 1. The smallest absolute Gasteiger partial charge is 0.0243 e. The fourth-order valence-electron chi connectivity index (χ4n) is 2.20. The maximum absolute atomic E-state index is 2.56. The zero-order valence-corrected chi connectivity index (χ0v) is 9.21. The molecule has 0 bridgehead atoms. The van der Waals surface area contributed by atoms with Gasteiger partial charge in [-0.25, -0.2) is 0 Å². The van der Waals surface area contributed by atoms with Gasteiger partial charge in [0.2, 0.25) is 0 Å². The molecular weight excluding hydrogens is 170 g/mol. The molecule has 1 heterocycles. The van der Waals surface area contributed by atoms with E-state index in [1.807, 2.05) is 0 Å². The molecule has 0 atom stereocenters. The van der Waals surface area contributed by atoms with E-state index in [0.29, 0.717) is 0 Å². The van der Waals surface area contributed by atoms with E-state index in [0.717, 1.165) is 6.54 Å². The molecule has 0 unspecified atom stereocenters. The summed E-state index contributed by atoms with van der Waals surface area (Å²) in [5.41, 5.74) is 4.58. The molecule has 0 amide bonds. The molecule has 0 aliphatic carbocycles. The SMILES string of the molecule is CCCCN1Cc2cccc(C)c2C1. The lowest BCUT2D eigenvalue weighted by Crippen LogP contribution is -2.17. The van der Waals surface area contributed by atoms with Crippen molar-refractivity contribution < 1.29 is 0 Å². The van der Waals surface area contributed by atoms with Crippen LogP contribution < -0.4 is 0 Å². The lowest BCUT2D eigenvalue weighted by molar-refractivity contribution is 0.279. The van der Waals surface area contributed by atoms with Crippen LogP contribution in [-0.2, 0) is 13.1 Å². The summed E-state index contributed by atoms with van der Waals surface area (Å²) in [4.78, 5) is 2.56. The van der Waals surface area contributed by atoms with E-state index in [1.54, 1.807) is 11.1 Å². The Labute approximate surface area is 86.7 Å². The summed E-state index contributed by atoms with van der Waals surface area (Å²) in [6.45, 7) is 8.07. The van der Waals surface area contributed by atoms with Gasteiger partial charge in [-0.2, -0.15) is 0 Å². The Kier molecular flexibility index (Phi) is 2.87. The molecule has 1 aromatic rings. The Morgan fingerprint density at radius 3 is 2.86 bits per heavy atom. The predicted molar refractivity (Wildman–Crippen MR) is 60.2 cm³/mol. The summed E-state index contributed by atoms with van der Waals surface area (Å²) in [7, 11) is 0. The van der Waals surface area contributed by atoms with Crippen LogP contribution in [0.3, 0.4) is 0 Å². The Hall–Kier alpha value is -0.820. The molecule has 1 aliphatic heterocycles. The molecule has 76 valence electrons. The van der Waals surface area contributed by atoms with Crippen molar-refractivity contribution in [1.82, 2.24) is 4.90 Å². The van der Waals surface area contributed by atoms with Gasteiger partial charge in [-0.3, -0.25) is 4.90 Å². The third-order valence-electron chi connectivity index (χ3n) is 3.11. The van der Waals surface area contributed by atoms with E-state index in [-0.39, 0.29) is 0 Å². The highest BCUT2D eigenvalue weighted by Gasteiger charge is 2.18. The van der Waals surface area contributed by atoms with E-state index in [4.69, 9.17) is 0 Å². The van der Waals surface area contributed by atoms with Crippen molar-refractivity contribution in [2.45, 2.75) is 39.8 Å². The minimum atomic E-state index is 1.16. The monoisotopic (exact) mass is 189 g/mol. The average molecular weight is 189 g/mol. The molecule has 2 rings (SSSR count). The minimum absolute atomic E-state index is 1.16. The summed E-state index contributed by atoms with van der Waals surface area (Å²) >= 11 is 0. The Balaban J connectivity index is 2.06. The van der Waals surface area contributed by atoms with E-state index in [2.05, 4.69) is 36.9 Å². The van der Waals surface area contributed by atoms with Crippen LogP contribution >= 0.6 is 0 Å². The lowest BCUT2D eigenvalue weighted by Gasteiger charge is -2.13. The Bertz CT molecular complexity index is 317. The zero-order valence-electron chi connectivity index (χ0n) is 9.21. The van der Waals surface area contributed by atoms with Gasteiger partial charge in [0.25, 0.3) is 0 Å². The first kappa shape index (κ1) is 9.72. The highest BCUT2D eigenvalue weighted by atomic mass is 15.1. The fourth-order valence-corrected chi connectivity index (χ4v) is 2.20. The van der Waals surface area contributed by atoms with Crippen LogP contribution in [0.4, 0.5) is 0 Å². The largest absolute Gasteiger partial charge is 0.295 e. The van der Waals surface area contributed by atoms with Crippen molar-refractivity contribution in [2.75, 3.05) is 6.54 Å². The summed E-state index contributed by atoms with van der Waals surface area (Å²) in [5, 5.41) is 0.